The zero-order chi connectivity index (χ0) is 9.14. The number of nitrogens with zero attached hydrogens (tertiary/aromatic N) is 1. The molecule has 0 amide bonds. The first-order valence-electron chi connectivity index (χ1n) is 4.34. The van der Waals surface area contributed by atoms with Gasteiger partial charge in [0.05, 0.1) is 11.4 Å². The molecule has 0 bridgehead atoms. The average Bonchev–Trinajstić information content (AvgIpc) is 1.96. The summed E-state index contributed by atoms with van der Waals surface area (Å²) in [5.74, 6) is 0. The van der Waals surface area contributed by atoms with Crippen molar-refractivity contribution < 1.29 is 0 Å². The molecular formula is C10H16N2. The predicted molar refractivity (Wildman–Crippen MR) is 52.6 cm³/mol. The van der Waals surface area contributed by atoms with Crippen LogP contribution in [0.2, 0.25) is 0 Å². The first kappa shape index (κ1) is 9.04. The minimum Gasteiger partial charge on any atom is -0.384 e. The fourth-order valence-corrected chi connectivity index (χ4v) is 1.47. The van der Waals surface area contributed by atoms with Gasteiger partial charge in [-0.15, -0.1) is 0 Å². The highest BCUT2D eigenvalue weighted by atomic mass is 14.9. The van der Waals surface area contributed by atoms with Crippen LogP contribution in [0, 0.1) is 20.8 Å². The molecule has 0 aliphatic rings. The van der Waals surface area contributed by atoms with Gasteiger partial charge in [0.15, 0.2) is 0 Å². The predicted octanol–water partition coefficient (Wildman–Crippen LogP) is 2.44. The SMILES string of the molecule is CCNc1c(C)cc(C)nc1C. The second-order valence-corrected chi connectivity index (χ2v) is 3.07. The Labute approximate surface area is 74.0 Å². The summed E-state index contributed by atoms with van der Waals surface area (Å²) in [6.07, 6.45) is 0. The van der Waals surface area contributed by atoms with Crippen LogP contribution in [-0.2, 0) is 0 Å². The zero-order valence-corrected chi connectivity index (χ0v) is 8.23. The van der Waals surface area contributed by atoms with Crippen LogP contribution in [0.15, 0.2) is 6.07 Å². The van der Waals surface area contributed by atoms with E-state index in [1.165, 1.54) is 11.3 Å². The van der Waals surface area contributed by atoms with Crippen molar-refractivity contribution >= 4 is 5.69 Å². The van der Waals surface area contributed by atoms with E-state index in [0.29, 0.717) is 0 Å². The number of aromatic nitrogens is 1. The maximum Gasteiger partial charge on any atom is 0.0609 e. The number of rotatable bonds is 2. The molecule has 1 aromatic heterocycles. The quantitative estimate of drug-likeness (QED) is 0.726. The monoisotopic (exact) mass is 164 g/mol. The van der Waals surface area contributed by atoms with Gasteiger partial charge in [0.1, 0.15) is 0 Å². The molecule has 0 saturated carbocycles. The lowest BCUT2D eigenvalue weighted by molar-refractivity contribution is 1.08. The number of aryl methyl sites for hydroxylation is 3. The maximum absolute atomic E-state index is 4.39. The Hall–Kier alpha value is -1.05. The Kier molecular flexibility index (Phi) is 2.69. The Morgan fingerprint density at radius 2 is 2.00 bits per heavy atom. The van der Waals surface area contributed by atoms with Crippen molar-refractivity contribution in [3.63, 3.8) is 0 Å². The summed E-state index contributed by atoms with van der Waals surface area (Å²) in [4.78, 5) is 4.39. The number of pyridine rings is 1. The standard InChI is InChI=1S/C10H16N2/c1-5-11-10-7(2)6-8(3)12-9(10)4/h6,11H,5H2,1-4H3. The smallest absolute Gasteiger partial charge is 0.0609 e. The van der Waals surface area contributed by atoms with Crippen molar-refractivity contribution in [1.82, 2.24) is 4.98 Å². The molecule has 0 radical (unpaired) electrons. The molecule has 1 aromatic rings. The summed E-state index contributed by atoms with van der Waals surface area (Å²) < 4.78 is 0. The van der Waals surface area contributed by atoms with Crippen molar-refractivity contribution in [1.29, 1.82) is 0 Å². The summed E-state index contributed by atoms with van der Waals surface area (Å²) in [6.45, 7) is 9.22. The van der Waals surface area contributed by atoms with E-state index in [4.69, 9.17) is 0 Å². The molecule has 12 heavy (non-hydrogen) atoms. The Balaban J connectivity index is 3.10. The first-order valence-corrected chi connectivity index (χ1v) is 4.34. The molecule has 66 valence electrons. The highest BCUT2D eigenvalue weighted by molar-refractivity contribution is 5.54. The molecule has 0 spiro atoms. The normalized spacial score (nSPS) is 10.0. The van der Waals surface area contributed by atoms with E-state index in [2.05, 4.69) is 30.2 Å². The van der Waals surface area contributed by atoms with Crippen molar-refractivity contribution in [2.75, 3.05) is 11.9 Å². The Bertz CT molecular complexity index is 256. The average molecular weight is 164 g/mol. The van der Waals surface area contributed by atoms with Gasteiger partial charge in [0.25, 0.3) is 0 Å². The van der Waals surface area contributed by atoms with Gasteiger partial charge in [0, 0.05) is 12.2 Å². The van der Waals surface area contributed by atoms with Gasteiger partial charge < -0.3 is 5.32 Å². The van der Waals surface area contributed by atoms with Crippen LogP contribution in [-0.4, -0.2) is 11.5 Å². The Morgan fingerprint density at radius 3 is 2.50 bits per heavy atom. The summed E-state index contributed by atoms with van der Waals surface area (Å²) in [7, 11) is 0. The van der Waals surface area contributed by atoms with E-state index < -0.39 is 0 Å². The molecule has 0 aromatic carbocycles. The van der Waals surface area contributed by atoms with Gasteiger partial charge in [-0.2, -0.15) is 0 Å². The summed E-state index contributed by atoms with van der Waals surface area (Å²) in [6, 6.07) is 2.10. The molecule has 1 heterocycles. The lowest BCUT2D eigenvalue weighted by Crippen LogP contribution is -2.03. The third kappa shape index (κ3) is 1.76. The van der Waals surface area contributed by atoms with Gasteiger partial charge in [-0.25, -0.2) is 0 Å². The van der Waals surface area contributed by atoms with Crippen LogP contribution in [0.5, 0.6) is 0 Å². The molecule has 1 rings (SSSR count). The largest absolute Gasteiger partial charge is 0.384 e. The molecule has 2 heteroatoms. The van der Waals surface area contributed by atoms with Crippen LogP contribution >= 0.6 is 0 Å². The minimum absolute atomic E-state index is 0.951. The first-order chi connectivity index (χ1) is 5.65. The molecular weight excluding hydrogens is 148 g/mol. The minimum atomic E-state index is 0.951. The second-order valence-electron chi connectivity index (χ2n) is 3.07. The van der Waals surface area contributed by atoms with Crippen LogP contribution in [0.4, 0.5) is 5.69 Å². The molecule has 0 fully saturated rings. The van der Waals surface area contributed by atoms with Crippen molar-refractivity contribution in [2.45, 2.75) is 27.7 Å². The third-order valence-corrected chi connectivity index (χ3v) is 1.88. The van der Waals surface area contributed by atoms with E-state index in [1.54, 1.807) is 0 Å². The zero-order valence-electron chi connectivity index (χ0n) is 8.23. The van der Waals surface area contributed by atoms with Crippen LogP contribution < -0.4 is 5.32 Å². The van der Waals surface area contributed by atoms with Gasteiger partial charge in [0.2, 0.25) is 0 Å². The van der Waals surface area contributed by atoms with E-state index >= 15 is 0 Å². The van der Waals surface area contributed by atoms with Gasteiger partial charge in [-0.05, 0) is 39.3 Å². The van der Waals surface area contributed by atoms with Crippen LogP contribution in [0.3, 0.4) is 0 Å². The highest BCUT2D eigenvalue weighted by Gasteiger charge is 2.02. The number of hydrogen-bond acceptors (Lipinski definition) is 2. The molecule has 0 saturated heterocycles. The number of nitrogens with one attached hydrogen (secondary N) is 1. The lowest BCUT2D eigenvalue weighted by Gasteiger charge is -2.10. The van der Waals surface area contributed by atoms with Crippen molar-refractivity contribution in [3.8, 4) is 0 Å². The molecule has 0 atom stereocenters. The fourth-order valence-electron chi connectivity index (χ4n) is 1.47. The maximum atomic E-state index is 4.39. The summed E-state index contributed by atoms with van der Waals surface area (Å²) in [5, 5.41) is 3.31. The topological polar surface area (TPSA) is 24.9 Å². The van der Waals surface area contributed by atoms with E-state index in [1.807, 2.05) is 13.8 Å². The van der Waals surface area contributed by atoms with E-state index in [9.17, 15) is 0 Å². The third-order valence-electron chi connectivity index (χ3n) is 1.88. The lowest BCUT2D eigenvalue weighted by atomic mass is 10.1. The van der Waals surface area contributed by atoms with Crippen molar-refractivity contribution in [2.24, 2.45) is 0 Å². The van der Waals surface area contributed by atoms with Crippen LogP contribution in [0.1, 0.15) is 23.9 Å². The second kappa shape index (κ2) is 3.57. The van der Waals surface area contributed by atoms with Crippen LogP contribution in [0.25, 0.3) is 0 Å². The molecule has 0 aliphatic heterocycles. The fraction of sp³-hybridized carbons (Fsp3) is 0.500. The van der Waals surface area contributed by atoms with Gasteiger partial charge in [-0.1, -0.05) is 0 Å². The van der Waals surface area contributed by atoms with Gasteiger partial charge >= 0.3 is 0 Å². The molecule has 2 nitrogen and oxygen atoms in total. The summed E-state index contributed by atoms with van der Waals surface area (Å²) >= 11 is 0. The highest BCUT2D eigenvalue weighted by Crippen LogP contribution is 2.18. The van der Waals surface area contributed by atoms with Crippen molar-refractivity contribution in [3.05, 3.63) is 23.0 Å². The molecule has 0 unspecified atom stereocenters. The van der Waals surface area contributed by atoms with Gasteiger partial charge in [-0.3, -0.25) is 4.98 Å². The Morgan fingerprint density at radius 1 is 1.33 bits per heavy atom. The molecule has 0 aliphatic carbocycles. The summed E-state index contributed by atoms with van der Waals surface area (Å²) in [5.41, 5.74) is 4.64. The number of hydrogen-bond donors (Lipinski definition) is 1. The van der Waals surface area contributed by atoms with E-state index in [0.717, 1.165) is 17.9 Å². The van der Waals surface area contributed by atoms with E-state index in [-0.39, 0.29) is 0 Å². The molecule has 1 N–H and O–H groups in total. The number of anilines is 1.